The fourth-order valence-corrected chi connectivity index (χ4v) is 2.24. The van der Waals surface area contributed by atoms with E-state index in [2.05, 4.69) is 18.8 Å². The first-order chi connectivity index (χ1) is 7.67. The Bertz CT molecular complexity index is 398. The van der Waals surface area contributed by atoms with Crippen molar-refractivity contribution in [2.75, 3.05) is 7.11 Å². The average molecular weight is 237 g/mol. The van der Waals surface area contributed by atoms with E-state index >= 15 is 0 Å². The van der Waals surface area contributed by atoms with Crippen LogP contribution in [-0.4, -0.2) is 18.4 Å². The molecule has 0 aliphatic heterocycles. The van der Waals surface area contributed by atoms with Gasteiger partial charge in [-0.2, -0.15) is 0 Å². The van der Waals surface area contributed by atoms with Crippen LogP contribution in [0.25, 0.3) is 0 Å². The third-order valence-electron chi connectivity index (χ3n) is 1.94. The van der Waals surface area contributed by atoms with Gasteiger partial charge in [0, 0.05) is 15.7 Å². The van der Waals surface area contributed by atoms with Gasteiger partial charge in [-0.3, -0.25) is 0 Å². The molecule has 1 rings (SSSR count). The van der Waals surface area contributed by atoms with E-state index in [1.165, 1.54) is 0 Å². The molecule has 0 bridgehead atoms. The van der Waals surface area contributed by atoms with Gasteiger partial charge in [0.25, 0.3) is 0 Å². The largest absolute Gasteiger partial charge is 0.496 e. The number of hydrogen-bond donors (Lipinski definition) is 0. The van der Waals surface area contributed by atoms with Crippen LogP contribution in [0.1, 0.15) is 19.4 Å². The molecular formula is C12H15NO2S. The lowest BCUT2D eigenvalue weighted by atomic mass is 10.2. The van der Waals surface area contributed by atoms with E-state index < -0.39 is 0 Å². The van der Waals surface area contributed by atoms with Gasteiger partial charge >= 0.3 is 0 Å². The van der Waals surface area contributed by atoms with E-state index in [0.717, 1.165) is 16.2 Å². The van der Waals surface area contributed by atoms with Crippen LogP contribution in [0.3, 0.4) is 0 Å². The van der Waals surface area contributed by atoms with E-state index in [-0.39, 0.29) is 0 Å². The van der Waals surface area contributed by atoms with Crippen molar-refractivity contribution in [1.29, 1.82) is 0 Å². The lowest BCUT2D eigenvalue weighted by Crippen LogP contribution is -1.93. The maximum Gasteiger partial charge on any atom is 0.235 e. The van der Waals surface area contributed by atoms with E-state index in [1.54, 1.807) is 25.0 Å². The Kier molecular flexibility index (Phi) is 5.09. The van der Waals surface area contributed by atoms with Crippen LogP contribution in [0.2, 0.25) is 0 Å². The van der Waals surface area contributed by atoms with Crippen molar-refractivity contribution in [2.24, 2.45) is 4.99 Å². The molecule has 86 valence electrons. The highest BCUT2D eigenvalue weighted by molar-refractivity contribution is 7.99. The van der Waals surface area contributed by atoms with Crippen LogP contribution >= 0.6 is 11.8 Å². The number of hydrogen-bond acceptors (Lipinski definition) is 4. The van der Waals surface area contributed by atoms with Crippen LogP contribution < -0.4 is 4.74 Å². The van der Waals surface area contributed by atoms with Gasteiger partial charge in [0.15, 0.2) is 0 Å². The van der Waals surface area contributed by atoms with Crippen molar-refractivity contribution in [1.82, 2.24) is 0 Å². The normalized spacial score (nSPS) is 10.0. The highest BCUT2D eigenvalue weighted by Gasteiger charge is 2.05. The second-order valence-corrected chi connectivity index (χ2v) is 5.20. The Morgan fingerprint density at radius 2 is 2.25 bits per heavy atom. The van der Waals surface area contributed by atoms with Crippen LogP contribution in [0.4, 0.5) is 0 Å². The molecule has 0 aliphatic carbocycles. The number of methoxy groups -OCH3 is 1. The van der Waals surface area contributed by atoms with E-state index in [9.17, 15) is 4.79 Å². The molecule has 16 heavy (non-hydrogen) atoms. The Hall–Kier alpha value is -1.25. The average Bonchev–Trinajstić information content (AvgIpc) is 2.25. The van der Waals surface area contributed by atoms with E-state index in [4.69, 9.17) is 4.74 Å². The van der Waals surface area contributed by atoms with Crippen molar-refractivity contribution >= 4 is 17.8 Å². The van der Waals surface area contributed by atoms with Crippen LogP contribution in [-0.2, 0) is 11.3 Å². The highest BCUT2D eigenvalue weighted by atomic mass is 32.2. The highest BCUT2D eigenvalue weighted by Crippen LogP contribution is 2.28. The monoisotopic (exact) mass is 237 g/mol. The Morgan fingerprint density at radius 1 is 1.50 bits per heavy atom. The fraction of sp³-hybridized carbons (Fsp3) is 0.417. The summed E-state index contributed by atoms with van der Waals surface area (Å²) in [6.45, 7) is 4.59. The summed E-state index contributed by atoms with van der Waals surface area (Å²) in [6, 6.07) is 5.92. The van der Waals surface area contributed by atoms with Gasteiger partial charge in [-0.25, -0.2) is 9.79 Å². The molecule has 0 N–H and O–H groups in total. The van der Waals surface area contributed by atoms with Gasteiger partial charge in [0.2, 0.25) is 6.08 Å². The van der Waals surface area contributed by atoms with Crippen LogP contribution in [0, 0.1) is 0 Å². The molecule has 0 radical (unpaired) electrons. The minimum absolute atomic E-state index is 0.319. The molecule has 3 nitrogen and oxygen atoms in total. The summed E-state index contributed by atoms with van der Waals surface area (Å²) in [6.07, 6.45) is 1.54. The van der Waals surface area contributed by atoms with Crippen molar-refractivity contribution in [2.45, 2.75) is 30.5 Å². The fourth-order valence-electron chi connectivity index (χ4n) is 1.34. The second kappa shape index (κ2) is 6.36. The topological polar surface area (TPSA) is 38.7 Å². The lowest BCUT2D eigenvalue weighted by molar-refractivity contribution is 0.409. The maximum absolute atomic E-state index is 10.1. The van der Waals surface area contributed by atoms with Crippen molar-refractivity contribution in [3.63, 3.8) is 0 Å². The molecule has 0 aliphatic rings. The number of aliphatic imine (C=N–C) groups is 1. The van der Waals surface area contributed by atoms with E-state index in [1.807, 2.05) is 18.2 Å². The molecule has 0 atom stereocenters. The Morgan fingerprint density at radius 3 is 2.81 bits per heavy atom. The summed E-state index contributed by atoms with van der Waals surface area (Å²) in [4.78, 5) is 14.8. The van der Waals surface area contributed by atoms with Crippen LogP contribution in [0.5, 0.6) is 5.75 Å². The lowest BCUT2D eigenvalue weighted by Gasteiger charge is -2.09. The van der Waals surface area contributed by atoms with Crippen molar-refractivity contribution < 1.29 is 9.53 Å². The maximum atomic E-state index is 10.1. The first-order valence-electron chi connectivity index (χ1n) is 5.04. The number of nitrogens with zero attached hydrogens (tertiary/aromatic N) is 1. The number of carbonyl (C=O) groups excluding carboxylic acids is 1. The summed E-state index contributed by atoms with van der Waals surface area (Å²) in [5.41, 5.74) is 0.913. The zero-order valence-electron chi connectivity index (χ0n) is 9.69. The summed E-state index contributed by atoms with van der Waals surface area (Å²) < 4.78 is 5.20. The zero-order valence-corrected chi connectivity index (χ0v) is 10.5. The quantitative estimate of drug-likeness (QED) is 0.449. The number of isocyanates is 1. The number of ether oxygens (including phenoxy) is 1. The summed E-state index contributed by atoms with van der Waals surface area (Å²) >= 11 is 1.77. The van der Waals surface area contributed by atoms with Crippen molar-refractivity contribution in [3.05, 3.63) is 23.8 Å². The molecule has 1 aromatic rings. The van der Waals surface area contributed by atoms with Gasteiger partial charge in [-0.15, -0.1) is 11.8 Å². The van der Waals surface area contributed by atoms with Gasteiger partial charge in [0.05, 0.1) is 13.7 Å². The standard InChI is InChI=1S/C12H15NO2S/c1-9(2)16-11-4-5-12(15-3)10(6-11)7-13-8-14/h4-6,9H,7H2,1-3H3. The first kappa shape index (κ1) is 12.8. The molecule has 0 amide bonds. The SMILES string of the molecule is COc1ccc(SC(C)C)cc1CN=C=O. The number of thioether (sulfide) groups is 1. The predicted molar refractivity (Wildman–Crippen MR) is 65.8 cm³/mol. The summed E-state index contributed by atoms with van der Waals surface area (Å²) in [5, 5.41) is 0.524. The van der Waals surface area contributed by atoms with Gasteiger partial charge in [-0.1, -0.05) is 13.8 Å². The molecule has 0 unspecified atom stereocenters. The molecule has 0 fully saturated rings. The predicted octanol–water partition coefficient (Wildman–Crippen LogP) is 3.03. The van der Waals surface area contributed by atoms with Gasteiger partial charge in [0.1, 0.15) is 5.75 Å². The Labute approximate surface area is 99.9 Å². The molecule has 1 aromatic carbocycles. The summed E-state index contributed by atoms with van der Waals surface area (Å²) in [5.74, 6) is 0.757. The summed E-state index contributed by atoms with van der Waals surface area (Å²) in [7, 11) is 1.61. The van der Waals surface area contributed by atoms with E-state index in [0.29, 0.717) is 11.8 Å². The molecule has 4 heteroatoms. The number of rotatable bonds is 5. The minimum atomic E-state index is 0.319. The minimum Gasteiger partial charge on any atom is -0.496 e. The van der Waals surface area contributed by atoms with Gasteiger partial charge in [-0.05, 0) is 18.2 Å². The third kappa shape index (κ3) is 3.72. The second-order valence-electron chi connectivity index (χ2n) is 3.55. The smallest absolute Gasteiger partial charge is 0.235 e. The van der Waals surface area contributed by atoms with Crippen LogP contribution in [0.15, 0.2) is 28.1 Å². The third-order valence-corrected chi connectivity index (χ3v) is 2.94. The van der Waals surface area contributed by atoms with Gasteiger partial charge < -0.3 is 4.74 Å². The Balaban J connectivity index is 2.95. The zero-order chi connectivity index (χ0) is 12.0. The molecule has 0 saturated heterocycles. The molecule has 0 heterocycles. The molecule has 0 spiro atoms. The molecule has 0 aromatic heterocycles. The molecular weight excluding hydrogens is 222 g/mol. The first-order valence-corrected chi connectivity index (χ1v) is 5.92. The number of benzene rings is 1. The molecule has 0 saturated carbocycles. The van der Waals surface area contributed by atoms with Crippen molar-refractivity contribution in [3.8, 4) is 5.75 Å².